The molecule has 0 aromatic heterocycles. The highest BCUT2D eigenvalue weighted by Crippen LogP contribution is 2.14. The lowest BCUT2D eigenvalue weighted by molar-refractivity contribution is -0.167. The van der Waals surface area contributed by atoms with Crippen molar-refractivity contribution in [2.45, 2.75) is 264 Å². The van der Waals surface area contributed by atoms with E-state index in [0.29, 0.717) is 12.8 Å². The predicted octanol–water partition coefficient (Wildman–Crippen LogP) is 17.8. The van der Waals surface area contributed by atoms with E-state index in [-0.39, 0.29) is 44.0 Å². The highest BCUT2D eigenvalue weighted by atomic mass is 16.6. The summed E-state index contributed by atoms with van der Waals surface area (Å²) in [4.78, 5) is 38.0. The van der Waals surface area contributed by atoms with E-state index in [1.807, 2.05) is 0 Å². The van der Waals surface area contributed by atoms with Crippen LogP contribution >= 0.6 is 0 Å². The molecule has 0 bridgehead atoms. The molecule has 0 heterocycles. The lowest BCUT2D eigenvalue weighted by atomic mass is 10.0. The largest absolute Gasteiger partial charge is 0.462 e. The summed E-state index contributed by atoms with van der Waals surface area (Å²) in [6.45, 7) is 6.54. The lowest BCUT2D eigenvalue weighted by Crippen LogP contribution is -2.30. The molecule has 0 amide bonds. The summed E-state index contributed by atoms with van der Waals surface area (Å²) in [7, 11) is 0. The Labute approximate surface area is 395 Å². The van der Waals surface area contributed by atoms with Crippen molar-refractivity contribution in [3.8, 4) is 0 Å². The van der Waals surface area contributed by atoms with Crippen molar-refractivity contribution < 1.29 is 28.6 Å². The van der Waals surface area contributed by atoms with Crippen molar-refractivity contribution in [3.05, 3.63) is 72.9 Å². The minimum absolute atomic E-state index is 0.101. The molecule has 0 N–H and O–H groups in total. The Kier molecular flexibility index (Phi) is 49.9. The van der Waals surface area contributed by atoms with Crippen LogP contribution in [0.25, 0.3) is 0 Å². The van der Waals surface area contributed by atoms with E-state index in [1.54, 1.807) is 0 Å². The summed E-state index contributed by atoms with van der Waals surface area (Å²) < 4.78 is 16.7. The minimum atomic E-state index is -0.809. The highest BCUT2D eigenvalue weighted by molar-refractivity contribution is 5.71. The molecule has 6 heteroatoms. The van der Waals surface area contributed by atoms with Gasteiger partial charge >= 0.3 is 17.9 Å². The van der Waals surface area contributed by atoms with Gasteiger partial charge in [0.15, 0.2) is 6.10 Å². The summed E-state index contributed by atoms with van der Waals surface area (Å²) in [5.41, 5.74) is 0. The Morgan fingerprint density at radius 2 is 0.625 bits per heavy atom. The fourth-order valence-electron chi connectivity index (χ4n) is 7.37. The molecule has 1 atom stereocenters. The van der Waals surface area contributed by atoms with Crippen LogP contribution in [0, 0.1) is 0 Å². The Hall–Kier alpha value is -3.15. The van der Waals surface area contributed by atoms with E-state index in [2.05, 4.69) is 93.7 Å². The molecule has 0 fully saturated rings. The van der Waals surface area contributed by atoms with Gasteiger partial charge in [-0.15, -0.1) is 0 Å². The van der Waals surface area contributed by atoms with Crippen molar-refractivity contribution in [1.82, 2.24) is 0 Å². The second kappa shape index (κ2) is 52.5. The highest BCUT2D eigenvalue weighted by Gasteiger charge is 2.19. The maximum Gasteiger partial charge on any atom is 0.306 e. The van der Waals surface area contributed by atoms with Gasteiger partial charge in [-0.1, -0.05) is 229 Å². The molecule has 0 aliphatic carbocycles. The molecule has 0 aliphatic rings. The number of hydrogen-bond acceptors (Lipinski definition) is 6. The number of hydrogen-bond donors (Lipinski definition) is 0. The zero-order valence-corrected chi connectivity index (χ0v) is 42.0. The predicted molar refractivity (Wildman–Crippen MR) is 274 cm³/mol. The van der Waals surface area contributed by atoms with Gasteiger partial charge in [-0.3, -0.25) is 14.4 Å². The quantitative estimate of drug-likeness (QED) is 0.0199. The van der Waals surface area contributed by atoms with Gasteiger partial charge in [0.25, 0.3) is 0 Å². The molecule has 0 aliphatic heterocycles. The number of ether oxygens (including phenoxy) is 3. The van der Waals surface area contributed by atoms with Crippen molar-refractivity contribution >= 4 is 17.9 Å². The molecule has 6 nitrogen and oxygen atoms in total. The van der Waals surface area contributed by atoms with Gasteiger partial charge in [-0.05, 0) is 83.5 Å². The first-order valence-electron chi connectivity index (χ1n) is 27.0. The van der Waals surface area contributed by atoms with Crippen LogP contribution in [0.3, 0.4) is 0 Å². The minimum Gasteiger partial charge on any atom is -0.462 e. The Morgan fingerprint density at radius 1 is 0.328 bits per heavy atom. The first kappa shape index (κ1) is 60.9. The third-order valence-corrected chi connectivity index (χ3v) is 11.5. The number of unbranched alkanes of at least 4 members (excludes halogenated alkanes) is 26. The Bertz CT molecular complexity index is 1210. The standard InChI is InChI=1S/C58H100O6/c1-4-7-10-13-16-19-22-25-27-29-31-33-36-39-42-45-48-51-57(60)63-54-55(53-62-56(59)50-47-44-41-38-35-32-24-21-18-15-12-9-6-3)64-58(61)52-49-46-43-40-37-34-30-28-26-23-20-17-14-11-8-5-2/h16,19,25,27-28,30-31,33-34,37,39,42,55H,4-15,17-18,20-24,26,29,32,35-36,38,40-41,43-54H2,1-3H3/b19-16-,27-25-,30-28-,33-31-,37-34-,42-39-. The molecule has 0 saturated carbocycles. The number of carbonyl (C=O) groups excluding carboxylic acids is 3. The van der Waals surface area contributed by atoms with Crippen LogP contribution in [0.2, 0.25) is 0 Å². The van der Waals surface area contributed by atoms with E-state index in [4.69, 9.17) is 14.2 Å². The topological polar surface area (TPSA) is 78.9 Å². The zero-order chi connectivity index (χ0) is 46.5. The van der Waals surface area contributed by atoms with Crippen molar-refractivity contribution in [2.24, 2.45) is 0 Å². The smallest absolute Gasteiger partial charge is 0.306 e. The molecule has 0 rings (SSSR count). The fraction of sp³-hybridized carbons (Fsp3) is 0.741. The number of carbonyl (C=O) groups is 3. The molecular weight excluding hydrogens is 793 g/mol. The van der Waals surface area contributed by atoms with Crippen molar-refractivity contribution in [2.75, 3.05) is 13.2 Å². The summed E-state index contributed by atoms with van der Waals surface area (Å²) in [5.74, 6) is -0.982. The van der Waals surface area contributed by atoms with Crippen LogP contribution < -0.4 is 0 Å². The van der Waals surface area contributed by atoms with Gasteiger partial charge in [0.1, 0.15) is 13.2 Å². The second-order valence-corrected chi connectivity index (χ2v) is 17.8. The fourth-order valence-corrected chi connectivity index (χ4v) is 7.37. The maximum absolute atomic E-state index is 12.8. The van der Waals surface area contributed by atoms with E-state index in [1.165, 1.54) is 135 Å². The Morgan fingerprint density at radius 3 is 1.08 bits per heavy atom. The first-order valence-corrected chi connectivity index (χ1v) is 27.0. The Balaban J connectivity index is 4.51. The van der Waals surface area contributed by atoms with Crippen molar-refractivity contribution in [1.29, 1.82) is 0 Å². The summed E-state index contributed by atoms with van der Waals surface area (Å²) in [6, 6.07) is 0. The van der Waals surface area contributed by atoms with Crippen LogP contribution in [0.5, 0.6) is 0 Å². The zero-order valence-electron chi connectivity index (χ0n) is 42.0. The molecule has 368 valence electrons. The van der Waals surface area contributed by atoms with Crippen LogP contribution in [-0.2, 0) is 28.6 Å². The van der Waals surface area contributed by atoms with E-state index < -0.39 is 6.10 Å². The average molecular weight is 893 g/mol. The van der Waals surface area contributed by atoms with E-state index in [0.717, 1.165) is 77.0 Å². The molecule has 1 unspecified atom stereocenters. The van der Waals surface area contributed by atoms with Gasteiger partial charge in [-0.2, -0.15) is 0 Å². The SMILES string of the molecule is CCCCC/C=C\C/C=C\C/C=C\C/C=C\CCCC(=O)OCC(COC(=O)CCCCCCCCCCCCCCC)OC(=O)CCCCC/C=C\C=C/CCCCCCCCC. The monoisotopic (exact) mass is 893 g/mol. The summed E-state index contributed by atoms with van der Waals surface area (Å²) >= 11 is 0. The van der Waals surface area contributed by atoms with Crippen LogP contribution in [0.15, 0.2) is 72.9 Å². The molecule has 0 spiro atoms. The second-order valence-electron chi connectivity index (χ2n) is 17.8. The van der Waals surface area contributed by atoms with Crippen LogP contribution in [-0.4, -0.2) is 37.2 Å². The van der Waals surface area contributed by atoms with E-state index in [9.17, 15) is 14.4 Å². The molecule has 0 saturated heterocycles. The molecule has 0 radical (unpaired) electrons. The molecule has 0 aromatic rings. The summed E-state index contributed by atoms with van der Waals surface area (Å²) in [5, 5.41) is 0. The third-order valence-electron chi connectivity index (χ3n) is 11.5. The van der Waals surface area contributed by atoms with E-state index >= 15 is 0 Å². The van der Waals surface area contributed by atoms with Gasteiger partial charge in [0.05, 0.1) is 0 Å². The van der Waals surface area contributed by atoms with Crippen molar-refractivity contribution in [3.63, 3.8) is 0 Å². The van der Waals surface area contributed by atoms with Crippen LogP contribution in [0.1, 0.15) is 258 Å². The van der Waals surface area contributed by atoms with Gasteiger partial charge in [0, 0.05) is 19.3 Å². The summed E-state index contributed by atoms with van der Waals surface area (Å²) in [6.07, 6.45) is 66.0. The number of allylic oxidation sites excluding steroid dienone is 12. The first-order chi connectivity index (χ1) is 31.5. The third kappa shape index (κ3) is 49.9. The molecule has 64 heavy (non-hydrogen) atoms. The average Bonchev–Trinajstić information content (AvgIpc) is 3.29. The van der Waals surface area contributed by atoms with Gasteiger partial charge in [-0.25, -0.2) is 0 Å². The maximum atomic E-state index is 12.8. The lowest BCUT2D eigenvalue weighted by Gasteiger charge is -2.18. The van der Waals surface area contributed by atoms with Gasteiger partial charge < -0.3 is 14.2 Å². The normalized spacial score (nSPS) is 12.6. The van der Waals surface area contributed by atoms with Crippen LogP contribution in [0.4, 0.5) is 0 Å². The molecular formula is C58H100O6. The number of rotatable bonds is 48. The number of esters is 3. The van der Waals surface area contributed by atoms with Gasteiger partial charge in [0.2, 0.25) is 0 Å². The molecule has 0 aromatic carbocycles.